The van der Waals surface area contributed by atoms with Crippen LogP contribution in [0, 0.1) is 9.39 Å². The first-order chi connectivity index (χ1) is 12.7. The standard InChI is InChI=1S/C19H17F4IO3/c1-3-11-8-13(19(21,22)23)17(9-15(11)24)26-10-12-14(20)6-5-7-16(12)27-18(25)4-2/h5-9H,3-4,10H2,1-2H3. The van der Waals surface area contributed by atoms with Crippen LogP contribution in [0.5, 0.6) is 11.5 Å². The fourth-order valence-electron chi connectivity index (χ4n) is 2.33. The first kappa shape index (κ1) is 21.5. The van der Waals surface area contributed by atoms with Gasteiger partial charge in [-0.3, -0.25) is 4.79 Å². The van der Waals surface area contributed by atoms with E-state index in [0.29, 0.717) is 15.6 Å². The highest BCUT2D eigenvalue weighted by Crippen LogP contribution is 2.39. The lowest BCUT2D eigenvalue weighted by molar-refractivity contribution is -0.139. The monoisotopic (exact) mass is 496 g/mol. The molecule has 0 saturated carbocycles. The molecule has 8 heteroatoms. The number of ether oxygens (including phenoxy) is 2. The van der Waals surface area contributed by atoms with Crippen LogP contribution in [0.25, 0.3) is 0 Å². The van der Waals surface area contributed by atoms with Gasteiger partial charge in [-0.2, -0.15) is 13.2 Å². The van der Waals surface area contributed by atoms with Crippen molar-refractivity contribution in [1.29, 1.82) is 0 Å². The molecule has 0 aliphatic heterocycles. The summed E-state index contributed by atoms with van der Waals surface area (Å²) in [6, 6.07) is 6.15. The van der Waals surface area contributed by atoms with E-state index in [1.165, 1.54) is 18.2 Å². The Hall–Kier alpha value is -1.84. The Morgan fingerprint density at radius 3 is 2.44 bits per heavy atom. The minimum Gasteiger partial charge on any atom is -0.488 e. The zero-order chi connectivity index (χ0) is 20.2. The maximum atomic E-state index is 14.1. The van der Waals surface area contributed by atoms with Gasteiger partial charge in [-0.25, -0.2) is 4.39 Å². The van der Waals surface area contributed by atoms with Gasteiger partial charge in [0.1, 0.15) is 23.9 Å². The molecule has 0 aromatic heterocycles. The number of rotatable bonds is 6. The Balaban J connectivity index is 2.37. The molecular weight excluding hydrogens is 479 g/mol. The third-order valence-electron chi connectivity index (χ3n) is 3.80. The molecule has 0 saturated heterocycles. The minimum absolute atomic E-state index is 0.0738. The van der Waals surface area contributed by atoms with Crippen LogP contribution in [0.2, 0.25) is 0 Å². The normalized spacial score (nSPS) is 11.4. The summed E-state index contributed by atoms with van der Waals surface area (Å²) >= 11 is 1.93. The second kappa shape index (κ2) is 8.90. The van der Waals surface area contributed by atoms with Crippen LogP contribution in [0.15, 0.2) is 30.3 Å². The molecule has 0 fully saturated rings. The van der Waals surface area contributed by atoms with Crippen LogP contribution in [-0.4, -0.2) is 5.97 Å². The number of carbonyl (C=O) groups excluding carboxylic acids is 1. The van der Waals surface area contributed by atoms with Crippen LogP contribution < -0.4 is 9.47 Å². The van der Waals surface area contributed by atoms with Gasteiger partial charge in [0.25, 0.3) is 0 Å². The van der Waals surface area contributed by atoms with E-state index in [-0.39, 0.29) is 17.7 Å². The zero-order valence-corrected chi connectivity index (χ0v) is 16.8. The first-order valence-corrected chi connectivity index (χ1v) is 9.25. The summed E-state index contributed by atoms with van der Waals surface area (Å²) in [6.45, 7) is 2.82. The lowest BCUT2D eigenvalue weighted by Gasteiger charge is -2.17. The molecule has 0 bridgehead atoms. The van der Waals surface area contributed by atoms with Crippen molar-refractivity contribution in [3.8, 4) is 11.5 Å². The molecule has 0 heterocycles. The van der Waals surface area contributed by atoms with Gasteiger partial charge in [-0.15, -0.1) is 0 Å². The maximum Gasteiger partial charge on any atom is 0.419 e. The van der Waals surface area contributed by atoms with E-state index in [1.54, 1.807) is 13.8 Å². The lowest BCUT2D eigenvalue weighted by Crippen LogP contribution is -2.12. The highest BCUT2D eigenvalue weighted by Gasteiger charge is 2.35. The van der Waals surface area contributed by atoms with Crippen molar-refractivity contribution in [2.24, 2.45) is 0 Å². The van der Waals surface area contributed by atoms with E-state index in [4.69, 9.17) is 9.47 Å². The molecule has 0 aliphatic rings. The lowest BCUT2D eigenvalue weighted by atomic mass is 10.1. The first-order valence-electron chi connectivity index (χ1n) is 8.17. The minimum atomic E-state index is -4.61. The van der Waals surface area contributed by atoms with E-state index in [1.807, 2.05) is 22.6 Å². The molecule has 2 aromatic carbocycles. The number of halogens is 5. The van der Waals surface area contributed by atoms with Crippen molar-refractivity contribution in [3.05, 3.63) is 56.4 Å². The maximum absolute atomic E-state index is 14.1. The van der Waals surface area contributed by atoms with Gasteiger partial charge < -0.3 is 9.47 Å². The molecule has 27 heavy (non-hydrogen) atoms. The molecule has 2 rings (SSSR count). The second-order valence-corrected chi connectivity index (χ2v) is 6.79. The number of aryl methyl sites for hydroxylation is 1. The molecule has 0 N–H and O–H groups in total. The van der Waals surface area contributed by atoms with Gasteiger partial charge in [0.05, 0.1) is 11.1 Å². The zero-order valence-electron chi connectivity index (χ0n) is 14.6. The summed E-state index contributed by atoms with van der Waals surface area (Å²) in [5, 5.41) is 0. The summed E-state index contributed by atoms with van der Waals surface area (Å²) in [4.78, 5) is 11.5. The molecule has 0 aliphatic carbocycles. The molecule has 146 valence electrons. The Bertz CT molecular complexity index is 834. The van der Waals surface area contributed by atoms with Crippen molar-refractivity contribution in [3.63, 3.8) is 0 Å². The fraction of sp³-hybridized carbons (Fsp3) is 0.316. The van der Waals surface area contributed by atoms with Crippen molar-refractivity contribution >= 4 is 28.6 Å². The van der Waals surface area contributed by atoms with Gasteiger partial charge in [0.2, 0.25) is 0 Å². The molecule has 2 aromatic rings. The molecule has 0 atom stereocenters. The van der Waals surface area contributed by atoms with E-state index in [9.17, 15) is 22.4 Å². The van der Waals surface area contributed by atoms with Gasteiger partial charge in [0, 0.05) is 9.99 Å². The van der Waals surface area contributed by atoms with Crippen LogP contribution in [0.3, 0.4) is 0 Å². The molecule has 0 unspecified atom stereocenters. The largest absolute Gasteiger partial charge is 0.488 e. The van der Waals surface area contributed by atoms with Crippen LogP contribution >= 0.6 is 22.6 Å². The van der Waals surface area contributed by atoms with E-state index in [0.717, 1.165) is 12.1 Å². The number of hydrogen-bond acceptors (Lipinski definition) is 3. The summed E-state index contributed by atoms with van der Waals surface area (Å²) in [5.41, 5.74) is -0.510. The number of alkyl halides is 3. The van der Waals surface area contributed by atoms with Crippen molar-refractivity contribution < 1.29 is 31.8 Å². The molecule has 0 spiro atoms. The SMILES string of the molecule is CCC(=O)Oc1cccc(F)c1COc1cc(I)c(CC)cc1C(F)(F)F. The van der Waals surface area contributed by atoms with Crippen molar-refractivity contribution in [1.82, 2.24) is 0 Å². The van der Waals surface area contributed by atoms with Crippen molar-refractivity contribution in [2.45, 2.75) is 39.5 Å². The Morgan fingerprint density at radius 2 is 1.85 bits per heavy atom. The van der Waals surface area contributed by atoms with Gasteiger partial charge >= 0.3 is 12.1 Å². The topological polar surface area (TPSA) is 35.5 Å². The molecular formula is C19H17F4IO3. The third-order valence-corrected chi connectivity index (χ3v) is 4.80. The summed E-state index contributed by atoms with van der Waals surface area (Å²) in [7, 11) is 0. The summed E-state index contributed by atoms with van der Waals surface area (Å²) in [6.07, 6.45) is -4.10. The summed E-state index contributed by atoms with van der Waals surface area (Å²) < 4.78 is 65.2. The van der Waals surface area contributed by atoms with E-state index < -0.39 is 35.9 Å². The summed E-state index contributed by atoms with van der Waals surface area (Å²) in [5.74, 6) is -1.79. The average molecular weight is 496 g/mol. The van der Waals surface area contributed by atoms with E-state index in [2.05, 4.69) is 0 Å². The number of esters is 1. The van der Waals surface area contributed by atoms with Gasteiger partial charge in [0.15, 0.2) is 0 Å². The third kappa shape index (κ3) is 5.33. The number of hydrogen-bond donors (Lipinski definition) is 0. The second-order valence-electron chi connectivity index (χ2n) is 5.62. The molecule has 0 amide bonds. The van der Waals surface area contributed by atoms with Gasteiger partial charge in [-0.1, -0.05) is 19.9 Å². The number of carbonyl (C=O) groups is 1. The number of benzene rings is 2. The molecule has 0 radical (unpaired) electrons. The Morgan fingerprint density at radius 1 is 1.15 bits per heavy atom. The highest BCUT2D eigenvalue weighted by molar-refractivity contribution is 14.1. The average Bonchev–Trinajstić information content (AvgIpc) is 2.60. The predicted octanol–water partition coefficient (Wildman–Crippen LogP) is 5.91. The Labute approximate surface area is 167 Å². The van der Waals surface area contributed by atoms with Crippen molar-refractivity contribution in [2.75, 3.05) is 0 Å². The Kier molecular flexibility index (Phi) is 7.07. The highest BCUT2D eigenvalue weighted by atomic mass is 127. The van der Waals surface area contributed by atoms with Crippen LogP contribution in [-0.2, 0) is 24.0 Å². The fourth-order valence-corrected chi connectivity index (χ4v) is 3.15. The van der Waals surface area contributed by atoms with Crippen LogP contribution in [0.4, 0.5) is 17.6 Å². The van der Waals surface area contributed by atoms with E-state index >= 15 is 0 Å². The van der Waals surface area contributed by atoms with Gasteiger partial charge in [-0.05, 0) is 58.8 Å². The smallest absolute Gasteiger partial charge is 0.419 e. The van der Waals surface area contributed by atoms with Crippen LogP contribution in [0.1, 0.15) is 37.0 Å². The quantitative estimate of drug-likeness (QED) is 0.216. The predicted molar refractivity (Wildman–Crippen MR) is 100 cm³/mol. The molecule has 3 nitrogen and oxygen atoms in total.